The smallest absolute Gasteiger partial charge is 0.390 e. The molecule has 0 radical (unpaired) electrons. The second-order valence-electron chi connectivity index (χ2n) is 4.13. The molecular formula is C10H16F3N3O4. The summed E-state index contributed by atoms with van der Waals surface area (Å²) in [4.78, 5) is 33.6. The highest BCUT2D eigenvalue weighted by Gasteiger charge is 2.29. The van der Waals surface area contributed by atoms with Gasteiger partial charge in [-0.2, -0.15) is 13.2 Å². The van der Waals surface area contributed by atoms with E-state index in [4.69, 9.17) is 10.8 Å². The van der Waals surface area contributed by atoms with Gasteiger partial charge in [0, 0.05) is 20.0 Å². The maximum atomic E-state index is 12.0. The van der Waals surface area contributed by atoms with E-state index in [1.54, 1.807) is 0 Å². The molecule has 0 saturated heterocycles. The SMILES string of the molecule is CN(CCC(F)(F)F)C(=O)N[C@H](CCC(N)=O)C(=O)O. The van der Waals surface area contributed by atoms with E-state index in [-0.39, 0.29) is 12.8 Å². The predicted molar refractivity (Wildman–Crippen MR) is 61.7 cm³/mol. The Bertz CT molecular complexity index is 373. The van der Waals surface area contributed by atoms with Crippen molar-refractivity contribution in [2.24, 2.45) is 5.73 Å². The maximum Gasteiger partial charge on any atom is 0.390 e. The van der Waals surface area contributed by atoms with Gasteiger partial charge in [-0.05, 0) is 6.42 Å². The second-order valence-corrected chi connectivity index (χ2v) is 4.13. The molecule has 0 rings (SSSR count). The summed E-state index contributed by atoms with van der Waals surface area (Å²) in [6.07, 6.45) is -6.10. The molecule has 0 aromatic carbocycles. The van der Waals surface area contributed by atoms with Gasteiger partial charge in [0.25, 0.3) is 0 Å². The molecule has 10 heteroatoms. The number of carboxylic acid groups (broad SMARTS) is 1. The summed E-state index contributed by atoms with van der Waals surface area (Å²) < 4.78 is 35.9. The quantitative estimate of drug-likeness (QED) is 0.627. The Morgan fingerprint density at radius 2 is 1.90 bits per heavy atom. The first-order valence-electron chi connectivity index (χ1n) is 5.62. The first kappa shape index (κ1) is 18.0. The summed E-state index contributed by atoms with van der Waals surface area (Å²) in [7, 11) is 1.11. The van der Waals surface area contributed by atoms with Crippen molar-refractivity contribution in [2.75, 3.05) is 13.6 Å². The number of nitrogens with two attached hydrogens (primary N) is 1. The summed E-state index contributed by atoms with van der Waals surface area (Å²) in [6.45, 7) is -0.600. The fraction of sp³-hybridized carbons (Fsp3) is 0.700. The monoisotopic (exact) mass is 299 g/mol. The number of carbonyl (C=O) groups is 3. The van der Waals surface area contributed by atoms with Gasteiger partial charge in [0.15, 0.2) is 0 Å². The highest BCUT2D eigenvalue weighted by Crippen LogP contribution is 2.19. The van der Waals surface area contributed by atoms with Crippen LogP contribution in [-0.4, -0.2) is 53.7 Å². The van der Waals surface area contributed by atoms with Crippen molar-refractivity contribution in [1.29, 1.82) is 0 Å². The lowest BCUT2D eigenvalue weighted by molar-refractivity contribution is -0.140. The third-order valence-corrected chi connectivity index (χ3v) is 2.35. The van der Waals surface area contributed by atoms with Gasteiger partial charge in [0.05, 0.1) is 6.42 Å². The van der Waals surface area contributed by atoms with Crippen LogP contribution < -0.4 is 11.1 Å². The lowest BCUT2D eigenvalue weighted by Gasteiger charge is -2.21. The van der Waals surface area contributed by atoms with E-state index in [9.17, 15) is 27.6 Å². The van der Waals surface area contributed by atoms with E-state index < -0.39 is 43.1 Å². The van der Waals surface area contributed by atoms with Crippen molar-refractivity contribution in [3.05, 3.63) is 0 Å². The van der Waals surface area contributed by atoms with Crippen LogP contribution in [0.4, 0.5) is 18.0 Å². The molecule has 0 saturated carbocycles. The van der Waals surface area contributed by atoms with E-state index in [1.807, 2.05) is 5.32 Å². The highest BCUT2D eigenvalue weighted by molar-refractivity contribution is 5.83. The standard InChI is InChI=1S/C10H16F3N3O4/c1-16(5-4-10(11,12)13)9(20)15-6(8(18)19)2-3-7(14)17/h6H,2-5H2,1H3,(H2,14,17)(H,15,20)(H,18,19)/t6-/m1/s1. The molecule has 0 aromatic heterocycles. The molecule has 0 unspecified atom stereocenters. The van der Waals surface area contributed by atoms with E-state index in [0.29, 0.717) is 4.90 Å². The molecule has 116 valence electrons. The molecule has 0 aromatic rings. The molecule has 20 heavy (non-hydrogen) atoms. The Morgan fingerprint density at radius 3 is 2.30 bits per heavy atom. The Hall–Kier alpha value is -2.00. The first-order chi connectivity index (χ1) is 9.03. The van der Waals surface area contributed by atoms with E-state index >= 15 is 0 Å². The van der Waals surface area contributed by atoms with E-state index in [1.165, 1.54) is 0 Å². The zero-order chi connectivity index (χ0) is 15.9. The van der Waals surface area contributed by atoms with Crippen molar-refractivity contribution >= 4 is 17.9 Å². The number of amides is 3. The molecule has 1 atom stereocenters. The van der Waals surface area contributed by atoms with Gasteiger partial charge < -0.3 is 21.1 Å². The molecule has 0 spiro atoms. The molecule has 3 amide bonds. The topological polar surface area (TPSA) is 113 Å². The average Bonchev–Trinajstić information content (AvgIpc) is 2.29. The minimum Gasteiger partial charge on any atom is -0.480 e. The normalized spacial score (nSPS) is 12.6. The molecular weight excluding hydrogens is 283 g/mol. The molecule has 0 fully saturated rings. The average molecular weight is 299 g/mol. The number of rotatable bonds is 7. The first-order valence-corrected chi connectivity index (χ1v) is 5.62. The molecule has 0 aliphatic heterocycles. The van der Waals surface area contributed by atoms with Crippen LogP contribution in [0.25, 0.3) is 0 Å². The minimum atomic E-state index is -4.41. The van der Waals surface area contributed by atoms with Crippen molar-refractivity contribution < 1.29 is 32.7 Å². The largest absolute Gasteiger partial charge is 0.480 e. The van der Waals surface area contributed by atoms with Gasteiger partial charge in [0.1, 0.15) is 6.04 Å². The number of nitrogens with one attached hydrogen (secondary N) is 1. The number of hydrogen-bond donors (Lipinski definition) is 3. The Labute approximate surface area is 112 Å². The zero-order valence-electron chi connectivity index (χ0n) is 10.7. The van der Waals surface area contributed by atoms with Gasteiger partial charge in [-0.25, -0.2) is 9.59 Å². The molecule has 4 N–H and O–H groups in total. The van der Waals surface area contributed by atoms with Gasteiger partial charge in [-0.1, -0.05) is 0 Å². The van der Waals surface area contributed by atoms with Gasteiger partial charge in [-0.3, -0.25) is 4.79 Å². The predicted octanol–water partition coefficient (Wildman–Crippen LogP) is 0.299. The Kier molecular flexibility index (Phi) is 6.80. The Balaban J connectivity index is 4.37. The maximum absolute atomic E-state index is 12.0. The van der Waals surface area contributed by atoms with Crippen LogP contribution in [0.2, 0.25) is 0 Å². The molecule has 0 heterocycles. The van der Waals surface area contributed by atoms with Crippen molar-refractivity contribution in [3.8, 4) is 0 Å². The summed E-state index contributed by atoms with van der Waals surface area (Å²) in [5.41, 5.74) is 4.85. The number of nitrogens with zero attached hydrogens (tertiary/aromatic N) is 1. The second kappa shape index (κ2) is 7.56. The fourth-order valence-electron chi connectivity index (χ4n) is 1.20. The number of aliphatic carboxylic acids is 1. The van der Waals surface area contributed by atoms with Crippen LogP contribution in [0.3, 0.4) is 0 Å². The van der Waals surface area contributed by atoms with E-state index in [2.05, 4.69) is 0 Å². The lowest BCUT2D eigenvalue weighted by Crippen LogP contribution is -2.47. The van der Waals surface area contributed by atoms with Crippen molar-refractivity contribution in [3.63, 3.8) is 0 Å². The van der Waals surface area contributed by atoms with Crippen LogP contribution in [0.1, 0.15) is 19.3 Å². The van der Waals surface area contributed by atoms with Crippen LogP contribution in [-0.2, 0) is 9.59 Å². The van der Waals surface area contributed by atoms with Crippen molar-refractivity contribution in [2.45, 2.75) is 31.5 Å². The number of hydrogen-bond acceptors (Lipinski definition) is 3. The third-order valence-electron chi connectivity index (χ3n) is 2.35. The number of primary amides is 1. The summed E-state index contributed by atoms with van der Waals surface area (Å²) in [6, 6.07) is -2.35. The molecule has 0 aliphatic carbocycles. The van der Waals surface area contributed by atoms with E-state index in [0.717, 1.165) is 7.05 Å². The van der Waals surface area contributed by atoms with Gasteiger partial charge in [0.2, 0.25) is 5.91 Å². The van der Waals surface area contributed by atoms with Gasteiger partial charge >= 0.3 is 18.2 Å². The number of halogens is 3. The third kappa shape index (κ3) is 8.16. The lowest BCUT2D eigenvalue weighted by atomic mass is 10.1. The number of carboxylic acids is 1. The fourth-order valence-corrected chi connectivity index (χ4v) is 1.20. The van der Waals surface area contributed by atoms with Crippen LogP contribution in [0.5, 0.6) is 0 Å². The zero-order valence-corrected chi connectivity index (χ0v) is 10.7. The number of carbonyl (C=O) groups excluding carboxylic acids is 2. The molecule has 0 aliphatic rings. The molecule has 7 nitrogen and oxygen atoms in total. The highest BCUT2D eigenvalue weighted by atomic mass is 19.4. The number of urea groups is 1. The van der Waals surface area contributed by atoms with Crippen molar-refractivity contribution in [1.82, 2.24) is 10.2 Å². The summed E-state index contributed by atoms with van der Waals surface area (Å²) >= 11 is 0. The van der Waals surface area contributed by atoms with Gasteiger partial charge in [-0.15, -0.1) is 0 Å². The minimum absolute atomic E-state index is 0.233. The summed E-state index contributed by atoms with van der Waals surface area (Å²) in [5, 5.41) is 10.8. The number of alkyl halides is 3. The summed E-state index contributed by atoms with van der Waals surface area (Å²) in [5.74, 6) is -2.14. The van der Waals surface area contributed by atoms with Crippen LogP contribution >= 0.6 is 0 Å². The Morgan fingerprint density at radius 1 is 1.35 bits per heavy atom. The van der Waals surface area contributed by atoms with Crippen LogP contribution in [0.15, 0.2) is 0 Å². The molecule has 0 bridgehead atoms. The van der Waals surface area contributed by atoms with Crippen LogP contribution in [0, 0.1) is 0 Å².